The molecule has 1 saturated heterocycles. The maximum Gasteiger partial charge on any atom is 0.150 e. The van der Waals surface area contributed by atoms with Crippen LogP contribution < -0.4 is 5.32 Å². The van der Waals surface area contributed by atoms with E-state index >= 15 is 0 Å². The molecule has 0 aliphatic carbocycles. The van der Waals surface area contributed by atoms with Crippen molar-refractivity contribution in [1.29, 1.82) is 0 Å². The maximum atomic E-state index is 11.5. The molecule has 3 nitrogen and oxygen atoms in total. The van der Waals surface area contributed by atoms with Gasteiger partial charge in [-0.05, 0) is 30.2 Å². The van der Waals surface area contributed by atoms with E-state index in [1.165, 1.54) is 5.56 Å². The monoisotopic (exact) mass is 281 g/mol. The molecule has 2 rings (SSSR count). The summed E-state index contributed by atoms with van der Waals surface area (Å²) in [6.07, 6.45) is 2.83. The maximum absolute atomic E-state index is 11.5. The van der Waals surface area contributed by atoms with Crippen molar-refractivity contribution in [3.05, 3.63) is 35.9 Å². The van der Waals surface area contributed by atoms with E-state index in [2.05, 4.69) is 29.6 Å². The molecule has 0 bridgehead atoms. The minimum atomic E-state index is -2.82. The molecule has 0 unspecified atom stereocenters. The van der Waals surface area contributed by atoms with Gasteiger partial charge < -0.3 is 5.32 Å². The molecule has 19 heavy (non-hydrogen) atoms. The zero-order chi connectivity index (χ0) is 13.8. The summed E-state index contributed by atoms with van der Waals surface area (Å²) in [4.78, 5) is 0. The van der Waals surface area contributed by atoms with Crippen LogP contribution >= 0.6 is 0 Å². The Morgan fingerprint density at radius 3 is 2.42 bits per heavy atom. The van der Waals surface area contributed by atoms with Gasteiger partial charge in [0.25, 0.3) is 0 Å². The van der Waals surface area contributed by atoms with Crippen molar-refractivity contribution >= 4 is 9.84 Å². The Kier molecular flexibility index (Phi) is 4.63. The predicted molar refractivity (Wildman–Crippen MR) is 79.0 cm³/mol. The number of rotatable bonds is 7. The van der Waals surface area contributed by atoms with E-state index in [1.807, 2.05) is 6.07 Å². The third-order valence-corrected chi connectivity index (χ3v) is 5.81. The molecule has 4 heteroatoms. The summed E-state index contributed by atoms with van der Waals surface area (Å²) in [5.41, 5.74) is 1.62. The predicted octanol–water partition coefficient (Wildman–Crippen LogP) is 2.03. The number of hydrogen-bond acceptors (Lipinski definition) is 3. The Labute approximate surface area is 116 Å². The van der Waals surface area contributed by atoms with Gasteiger partial charge in [-0.1, -0.05) is 37.3 Å². The molecule has 1 aromatic carbocycles. The van der Waals surface area contributed by atoms with Crippen molar-refractivity contribution in [2.24, 2.45) is 5.41 Å². The molecule has 0 amide bonds. The molecule has 0 radical (unpaired) electrons. The molecule has 0 spiro atoms. The average Bonchev–Trinajstić information content (AvgIpc) is 2.37. The topological polar surface area (TPSA) is 46.2 Å². The quantitative estimate of drug-likeness (QED) is 0.832. The van der Waals surface area contributed by atoms with E-state index < -0.39 is 9.84 Å². The second-order valence-electron chi connectivity index (χ2n) is 5.61. The molecule has 0 aromatic heterocycles. The average molecular weight is 281 g/mol. The number of nitrogens with one attached hydrogen (secondary N) is 1. The number of benzene rings is 1. The van der Waals surface area contributed by atoms with Crippen LogP contribution in [0.5, 0.6) is 0 Å². The van der Waals surface area contributed by atoms with E-state index in [1.54, 1.807) is 6.92 Å². The lowest BCUT2D eigenvalue weighted by atomic mass is 9.73. The fourth-order valence-electron chi connectivity index (χ4n) is 2.71. The number of hydrogen-bond donors (Lipinski definition) is 1. The summed E-state index contributed by atoms with van der Waals surface area (Å²) < 4.78 is 23.1. The first-order valence-corrected chi connectivity index (χ1v) is 8.82. The normalized spacial score (nSPS) is 17.9. The van der Waals surface area contributed by atoms with Crippen LogP contribution in [0.2, 0.25) is 0 Å². The SMILES string of the molecule is CCS(=O)(=O)CCCC1(Cc2ccccc2)CNC1. The van der Waals surface area contributed by atoms with E-state index in [4.69, 9.17) is 0 Å². The highest BCUT2D eigenvalue weighted by Gasteiger charge is 2.36. The lowest BCUT2D eigenvalue weighted by Gasteiger charge is -2.43. The summed E-state index contributed by atoms with van der Waals surface area (Å²) >= 11 is 0. The second-order valence-corrected chi connectivity index (χ2v) is 8.08. The summed E-state index contributed by atoms with van der Waals surface area (Å²) in [7, 11) is -2.82. The van der Waals surface area contributed by atoms with Gasteiger partial charge in [-0.25, -0.2) is 8.42 Å². The van der Waals surface area contributed by atoms with Crippen LogP contribution in [0.4, 0.5) is 0 Å². The summed E-state index contributed by atoms with van der Waals surface area (Å²) in [5, 5.41) is 3.33. The highest BCUT2D eigenvalue weighted by Crippen LogP contribution is 2.33. The Morgan fingerprint density at radius 1 is 1.21 bits per heavy atom. The molecule has 106 valence electrons. The van der Waals surface area contributed by atoms with E-state index in [9.17, 15) is 8.42 Å². The van der Waals surface area contributed by atoms with Gasteiger partial charge in [-0.2, -0.15) is 0 Å². The van der Waals surface area contributed by atoms with Crippen molar-refractivity contribution in [3.8, 4) is 0 Å². The van der Waals surface area contributed by atoms with E-state index in [-0.39, 0.29) is 11.2 Å². The van der Waals surface area contributed by atoms with Crippen molar-refractivity contribution in [3.63, 3.8) is 0 Å². The fourth-order valence-corrected chi connectivity index (χ4v) is 3.58. The minimum absolute atomic E-state index is 0.261. The summed E-state index contributed by atoms with van der Waals surface area (Å²) in [6, 6.07) is 10.5. The van der Waals surface area contributed by atoms with Crippen LogP contribution in [0.1, 0.15) is 25.3 Å². The molecule has 0 atom stereocenters. The van der Waals surface area contributed by atoms with Crippen LogP contribution in [0.15, 0.2) is 30.3 Å². The van der Waals surface area contributed by atoms with Gasteiger partial charge >= 0.3 is 0 Å². The van der Waals surface area contributed by atoms with Crippen LogP contribution in [0, 0.1) is 5.41 Å². The van der Waals surface area contributed by atoms with Crippen molar-refractivity contribution < 1.29 is 8.42 Å². The zero-order valence-corrected chi connectivity index (χ0v) is 12.4. The van der Waals surface area contributed by atoms with Gasteiger partial charge in [0.05, 0.1) is 5.75 Å². The standard InChI is InChI=1S/C15H23NO2S/c1-2-19(17,18)10-6-9-15(12-16-13-15)11-14-7-4-3-5-8-14/h3-5,7-8,16H,2,6,9-13H2,1H3. The Morgan fingerprint density at radius 2 is 1.89 bits per heavy atom. The van der Waals surface area contributed by atoms with Crippen LogP contribution in [0.3, 0.4) is 0 Å². The van der Waals surface area contributed by atoms with E-state index in [0.717, 1.165) is 32.4 Å². The van der Waals surface area contributed by atoms with Gasteiger partial charge in [0.1, 0.15) is 9.84 Å². The fraction of sp³-hybridized carbons (Fsp3) is 0.600. The summed E-state index contributed by atoms with van der Waals surface area (Å²) in [6.45, 7) is 3.74. The molecule has 1 N–H and O–H groups in total. The third-order valence-electron chi connectivity index (χ3n) is 4.02. The molecule has 1 aliphatic heterocycles. The van der Waals surface area contributed by atoms with Crippen molar-refractivity contribution in [2.75, 3.05) is 24.6 Å². The summed E-state index contributed by atoms with van der Waals surface area (Å²) in [5.74, 6) is 0.594. The van der Waals surface area contributed by atoms with Crippen LogP contribution in [-0.2, 0) is 16.3 Å². The molecule has 1 heterocycles. The van der Waals surface area contributed by atoms with Crippen LogP contribution in [0.25, 0.3) is 0 Å². The number of sulfone groups is 1. The van der Waals surface area contributed by atoms with Gasteiger partial charge in [0.2, 0.25) is 0 Å². The molecule has 1 aliphatic rings. The van der Waals surface area contributed by atoms with Crippen molar-refractivity contribution in [2.45, 2.75) is 26.2 Å². The minimum Gasteiger partial charge on any atom is -0.316 e. The highest BCUT2D eigenvalue weighted by molar-refractivity contribution is 7.91. The molecule has 1 aromatic rings. The second kappa shape index (κ2) is 6.06. The van der Waals surface area contributed by atoms with Crippen molar-refractivity contribution in [1.82, 2.24) is 5.32 Å². The molecule has 1 fully saturated rings. The molecular formula is C15H23NO2S. The lowest BCUT2D eigenvalue weighted by molar-refractivity contribution is 0.151. The van der Waals surface area contributed by atoms with E-state index in [0.29, 0.717) is 5.75 Å². The first-order valence-electron chi connectivity index (χ1n) is 7.00. The Balaban J connectivity index is 1.89. The van der Waals surface area contributed by atoms with Crippen LogP contribution in [-0.4, -0.2) is 33.0 Å². The molecular weight excluding hydrogens is 258 g/mol. The third kappa shape index (κ3) is 4.05. The largest absolute Gasteiger partial charge is 0.316 e. The zero-order valence-electron chi connectivity index (χ0n) is 11.6. The molecule has 0 saturated carbocycles. The Hall–Kier alpha value is -0.870. The first-order chi connectivity index (χ1) is 9.05. The van der Waals surface area contributed by atoms with Gasteiger partial charge in [-0.15, -0.1) is 0 Å². The highest BCUT2D eigenvalue weighted by atomic mass is 32.2. The Bertz CT molecular complexity index is 492. The van der Waals surface area contributed by atoms with Gasteiger partial charge in [0, 0.05) is 18.8 Å². The first kappa shape index (κ1) is 14.5. The van der Waals surface area contributed by atoms with Gasteiger partial charge in [0.15, 0.2) is 0 Å². The lowest BCUT2D eigenvalue weighted by Crippen LogP contribution is -2.54. The van der Waals surface area contributed by atoms with Gasteiger partial charge in [-0.3, -0.25) is 0 Å². The smallest absolute Gasteiger partial charge is 0.150 e.